The van der Waals surface area contributed by atoms with E-state index in [0.717, 1.165) is 28.6 Å². The third kappa shape index (κ3) is 2.84. The van der Waals surface area contributed by atoms with Crippen LogP contribution in [0, 0.1) is 0 Å². The number of benzene rings is 1. The molecular formula is C17H22N2O3. The summed E-state index contributed by atoms with van der Waals surface area (Å²) in [6, 6.07) is 3.96. The number of nitrogens with zero attached hydrogens (tertiary/aromatic N) is 1. The molecule has 0 aliphatic heterocycles. The second-order valence-corrected chi connectivity index (χ2v) is 5.57. The van der Waals surface area contributed by atoms with Gasteiger partial charge in [-0.15, -0.1) is 0 Å². The molecule has 0 saturated carbocycles. The lowest BCUT2D eigenvalue weighted by Gasteiger charge is -2.17. The van der Waals surface area contributed by atoms with Crippen molar-refractivity contribution in [2.24, 2.45) is 5.73 Å². The first kappa shape index (κ1) is 16.1. The van der Waals surface area contributed by atoms with Crippen LogP contribution in [0.15, 0.2) is 21.3 Å². The van der Waals surface area contributed by atoms with Crippen LogP contribution in [0.2, 0.25) is 0 Å². The monoisotopic (exact) mass is 302 g/mol. The summed E-state index contributed by atoms with van der Waals surface area (Å²) in [5, 5.41) is 0.937. The fourth-order valence-electron chi connectivity index (χ4n) is 2.80. The molecule has 22 heavy (non-hydrogen) atoms. The zero-order valence-corrected chi connectivity index (χ0v) is 13.5. The van der Waals surface area contributed by atoms with Crippen molar-refractivity contribution in [2.45, 2.75) is 33.1 Å². The fraction of sp³-hybridized carbons (Fsp3) is 0.412. The van der Waals surface area contributed by atoms with E-state index in [0.29, 0.717) is 17.6 Å². The molecule has 0 atom stereocenters. The number of primary amides is 1. The molecule has 2 rings (SSSR count). The number of hydrogen-bond acceptors (Lipinski definition) is 4. The summed E-state index contributed by atoms with van der Waals surface area (Å²) in [6.07, 6.45) is 1.38. The van der Waals surface area contributed by atoms with Gasteiger partial charge in [-0.1, -0.05) is 13.8 Å². The van der Waals surface area contributed by atoms with Gasteiger partial charge in [0.2, 0.25) is 5.91 Å². The fourth-order valence-corrected chi connectivity index (χ4v) is 2.80. The average molecular weight is 302 g/mol. The van der Waals surface area contributed by atoms with E-state index < -0.39 is 11.5 Å². The molecule has 118 valence electrons. The van der Waals surface area contributed by atoms with Crippen molar-refractivity contribution in [2.75, 3.05) is 19.0 Å². The minimum atomic E-state index is -0.524. The highest BCUT2D eigenvalue weighted by Gasteiger charge is 2.18. The molecule has 0 aliphatic rings. The van der Waals surface area contributed by atoms with Gasteiger partial charge in [0, 0.05) is 31.2 Å². The third-order valence-corrected chi connectivity index (χ3v) is 3.89. The molecule has 1 aromatic carbocycles. The van der Waals surface area contributed by atoms with Crippen molar-refractivity contribution < 1.29 is 9.21 Å². The molecule has 0 radical (unpaired) electrons. The molecule has 2 N–H and O–H groups in total. The van der Waals surface area contributed by atoms with Gasteiger partial charge in [0.15, 0.2) is 0 Å². The predicted octanol–water partition coefficient (Wildman–Crippen LogP) is 2.01. The smallest absolute Gasteiger partial charge is 0.340 e. The Morgan fingerprint density at radius 2 is 1.86 bits per heavy atom. The van der Waals surface area contributed by atoms with E-state index >= 15 is 0 Å². The van der Waals surface area contributed by atoms with Crippen LogP contribution < -0.4 is 16.3 Å². The topological polar surface area (TPSA) is 76.5 Å². The van der Waals surface area contributed by atoms with Crippen molar-refractivity contribution in [1.82, 2.24) is 0 Å². The Bertz CT molecular complexity index is 776. The largest absolute Gasteiger partial charge is 0.422 e. The Morgan fingerprint density at radius 1 is 1.18 bits per heavy atom. The number of amides is 1. The molecule has 5 nitrogen and oxygen atoms in total. The zero-order valence-electron chi connectivity index (χ0n) is 13.5. The van der Waals surface area contributed by atoms with E-state index in [9.17, 15) is 9.59 Å². The van der Waals surface area contributed by atoms with Crippen molar-refractivity contribution in [3.8, 4) is 0 Å². The first-order valence-electron chi connectivity index (χ1n) is 7.46. The minimum absolute atomic E-state index is 0.0833. The average Bonchev–Trinajstić information content (AvgIpc) is 2.46. The van der Waals surface area contributed by atoms with Gasteiger partial charge < -0.3 is 15.1 Å². The highest BCUT2D eigenvalue weighted by Crippen LogP contribution is 2.29. The van der Waals surface area contributed by atoms with Gasteiger partial charge in [-0.2, -0.15) is 0 Å². The maximum absolute atomic E-state index is 12.2. The second kappa shape index (κ2) is 6.22. The van der Waals surface area contributed by atoms with Gasteiger partial charge in [0.25, 0.3) is 0 Å². The first-order valence-corrected chi connectivity index (χ1v) is 7.46. The molecular weight excluding hydrogens is 280 g/mol. The van der Waals surface area contributed by atoms with Crippen molar-refractivity contribution in [3.63, 3.8) is 0 Å². The Hall–Kier alpha value is -2.30. The zero-order chi connectivity index (χ0) is 16.4. The molecule has 0 unspecified atom stereocenters. The lowest BCUT2D eigenvalue weighted by molar-refractivity contribution is -0.117. The normalized spacial score (nSPS) is 10.9. The lowest BCUT2D eigenvalue weighted by Crippen LogP contribution is -2.21. The Balaban J connectivity index is 2.88. The molecule has 0 aliphatic carbocycles. The molecule has 0 spiro atoms. The van der Waals surface area contributed by atoms with E-state index in [4.69, 9.17) is 10.2 Å². The van der Waals surface area contributed by atoms with Crippen LogP contribution in [-0.2, 0) is 24.1 Å². The predicted molar refractivity (Wildman–Crippen MR) is 88.5 cm³/mol. The van der Waals surface area contributed by atoms with Crippen LogP contribution in [0.3, 0.4) is 0 Å². The van der Waals surface area contributed by atoms with Crippen LogP contribution in [0.4, 0.5) is 5.69 Å². The van der Waals surface area contributed by atoms with Gasteiger partial charge in [0.05, 0.1) is 12.0 Å². The highest BCUT2D eigenvalue weighted by atomic mass is 16.4. The van der Waals surface area contributed by atoms with E-state index in [2.05, 4.69) is 13.0 Å². The summed E-state index contributed by atoms with van der Waals surface area (Å²) in [4.78, 5) is 25.5. The Labute approximate surface area is 129 Å². The molecule has 1 amide bonds. The Morgan fingerprint density at radius 3 is 2.36 bits per heavy atom. The Kier molecular flexibility index (Phi) is 4.54. The van der Waals surface area contributed by atoms with Gasteiger partial charge in [-0.25, -0.2) is 4.79 Å². The molecule has 0 saturated heterocycles. The number of fused-ring (bicyclic) bond motifs is 1. The maximum Gasteiger partial charge on any atom is 0.340 e. The van der Waals surface area contributed by atoms with Gasteiger partial charge in [-0.05, 0) is 30.0 Å². The molecule has 0 fully saturated rings. The minimum Gasteiger partial charge on any atom is -0.422 e. The summed E-state index contributed by atoms with van der Waals surface area (Å²) >= 11 is 0. The first-order chi connectivity index (χ1) is 10.4. The third-order valence-electron chi connectivity index (χ3n) is 3.89. The van der Waals surface area contributed by atoms with E-state index in [-0.39, 0.29) is 6.42 Å². The molecule has 2 aromatic rings. The summed E-state index contributed by atoms with van der Waals surface area (Å²) in [5.41, 5.74) is 8.71. The van der Waals surface area contributed by atoms with Crippen LogP contribution >= 0.6 is 0 Å². The number of rotatable bonds is 5. The van der Waals surface area contributed by atoms with Crippen LogP contribution in [-0.4, -0.2) is 20.0 Å². The number of aryl methyl sites for hydroxylation is 2. The van der Waals surface area contributed by atoms with Gasteiger partial charge in [0.1, 0.15) is 5.58 Å². The van der Waals surface area contributed by atoms with Crippen LogP contribution in [0.1, 0.15) is 30.5 Å². The standard InChI is InChI=1S/C17H22N2O3/c1-5-10-7-11(19(3)4)8-14-16(10)12(6-2)13(9-15(18)20)17(21)22-14/h7-8H,5-6,9H2,1-4H3,(H2,18,20). The number of carbonyl (C=O) groups excluding carboxylic acids is 1. The second-order valence-electron chi connectivity index (χ2n) is 5.57. The SMILES string of the molecule is CCc1cc(N(C)C)cc2oc(=O)c(CC(N)=O)c(CC)c12. The van der Waals surface area contributed by atoms with Gasteiger partial charge in [-0.3, -0.25) is 4.79 Å². The highest BCUT2D eigenvalue weighted by molar-refractivity contribution is 5.89. The molecule has 5 heteroatoms. The van der Waals surface area contributed by atoms with Crippen LogP contribution in [0.25, 0.3) is 11.0 Å². The lowest BCUT2D eigenvalue weighted by atomic mass is 9.95. The number of nitrogens with two attached hydrogens (primary N) is 1. The summed E-state index contributed by atoms with van der Waals surface area (Å²) < 4.78 is 5.48. The van der Waals surface area contributed by atoms with Crippen LogP contribution in [0.5, 0.6) is 0 Å². The van der Waals surface area contributed by atoms with E-state index in [1.165, 1.54) is 0 Å². The van der Waals surface area contributed by atoms with Gasteiger partial charge >= 0.3 is 5.63 Å². The maximum atomic E-state index is 12.2. The summed E-state index contributed by atoms with van der Waals surface area (Å²) in [6.45, 7) is 4.03. The molecule has 1 aromatic heterocycles. The van der Waals surface area contributed by atoms with Crippen molar-refractivity contribution in [3.05, 3.63) is 39.2 Å². The van der Waals surface area contributed by atoms with E-state index in [1.807, 2.05) is 32.0 Å². The van der Waals surface area contributed by atoms with Crippen molar-refractivity contribution in [1.29, 1.82) is 0 Å². The quantitative estimate of drug-likeness (QED) is 0.857. The van der Waals surface area contributed by atoms with Crippen molar-refractivity contribution >= 4 is 22.6 Å². The number of carbonyl (C=O) groups is 1. The number of anilines is 1. The summed E-state index contributed by atoms with van der Waals surface area (Å²) in [5.74, 6) is -0.524. The summed E-state index contributed by atoms with van der Waals surface area (Å²) in [7, 11) is 3.89. The van der Waals surface area contributed by atoms with E-state index in [1.54, 1.807) is 0 Å². The number of hydrogen-bond donors (Lipinski definition) is 1. The molecule has 0 bridgehead atoms. The molecule has 1 heterocycles.